The number of carboxylic acid groups (broad SMARTS) is 1. The Morgan fingerprint density at radius 2 is 1.72 bits per heavy atom. The van der Waals surface area contributed by atoms with Crippen LogP contribution in [0.25, 0.3) is 0 Å². The standard InChI is InChI=1S/C19H21NO5/c1-12-7-14(9-15(8-12)19(22)23)18(21)20(2)11-13-5-6-16(24-3)10-17(13)25-4/h5-10H,11H2,1-4H3,(H,22,23). The van der Waals surface area contributed by atoms with Gasteiger partial charge in [-0.15, -0.1) is 0 Å². The number of methoxy groups -OCH3 is 2. The summed E-state index contributed by atoms with van der Waals surface area (Å²) in [4.78, 5) is 25.4. The number of carbonyl (C=O) groups excluding carboxylic acids is 1. The highest BCUT2D eigenvalue weighted by molar-refractivity contribution is 5.97. The van der Waals surface area contributed by atoms with E-state index in [0.29, 0.717) is 23.6 Å². The third-order valence-corrected chi connectivity index (χ3v) is 3.82. The van der Waals surface area contributed by atoms with Crippen molar-refractivity contribution in [3.8, 4) is 11.5 Å². The van der Waals surface area contributed by atoms with Crippen LogP contribution in [-0.4, -0.2) is 43.2 Å². The van der Waals surface area contributed by atoms with Crippen molar-refractivity contribution in [2.75, 3.05) is 21.3 Å². The first-order valence-corrected chi connectivity index (χ1v) is 7.67. The number of nitrogens with zero attached hydrogens (tertiary/aromatic N) is 1. The molecule has 2 rings (SSSR count). The molecule has 0 fully saturated rings. The first-order valence-electron chi connectivity index (χ1n) is 7.67. The number of hydrogen-bond acceptors (Lipinski definition) is 4. The molecule has 25 heavy (non-hydrogen) atoms. The van der Waals surface area contributed by atoms with Crippen molar-refractivity contribution in [3.63, 3.8) is 0 Å². The Labute approximate surface area is 146 Å². The molecule has 0 aliphatic heterocycles. The first kappa shape index (κ1) is 18.3. The molecule has 0 aliphatic rings. The van der Waals surface area contributed by atoms with Crippen LogP contribution < -0.4 is 9.47 Å². The molecule has 132 valence electrons. The van der Waals surface area contributed by atoms with Crippen molar-refractivity contribution in [3.05, 3.63) is 58.7 Å². The van der Waals surface area contributed by atoms with Gasteiger partial charge in [-0.05, 0) is 42.8 Å². The molecule has 0 spiro atoms. The quantitative estimate of drug-likeness (QED) is 0.872. The number of carboxylic acids is 1. The molecule has 6 heteroatoms. The minimum absolute atomic E-state index is 0.0961. The maximum atomic E-state index is 12.7. The van der Waals surface area contributed by atoms with Gasteiger partial charge in [-0.3, -0.25) is 4.79 Å². The molecule has 6 nitrogen and oxygen atoms in total. The molecule has 1 amide bonds. The Morgan fingerprint density at radius 3 is 2.32 bits per heavy atom. The minimum Gasteiger partial charge on any atom is -0.497 e. The van der Waals surface area contributed by atoms with E-state index >= 15 is 0 Å². The Bertz CT molecular complexity index is 800. The summed E-state index contributed by atoms with van der Waals surface area (Å²) in [6, 6.07) is 9.98. The molecule has 2 aromatic rings. The molecule has 0 aromatic heterocycles. The fourth-order valence-electron chi connectivity index (χ4n) is 2.56. The van der Waals surface area contributed by atoms with Gasteiger partial charge in [-0.25, -0.2) is 4.79 Å². The number of carbonyl (C=O) groups is 2. The summed E-state index contributed by atoms with van der Waals surface area (Å²) < 4.78 is 10.5. The van der Waals surface area contributed by atoms with Gasteiger partial charge in [0, 0.05) is 30.8 Å². The highest BCUT2D eigenvalue weighted by Gasteiger charge is 2.17. The Hall–Kier alpha value is -3.02. The van der Waals surface area contributed by atoms with E-state index in [2.05, 4.69) is 0 Å². The zero-order valence-electron chi connectivity index (χ0n) is 14.7. The van der Waals surface area contributed by atoms with Gasteiger partial charge in [0.15, 0.2) is 0 Å². The predicted molar refractivity (Wildman–Crippen MR) is 93.5 cm³/mol. The average molecular weight is 343 g/mol. The van der Waals surface area contributed by atoms with Crippen molar-refractivity contribution in [1.82, 2.24) is 4.90 Å². The largest absolute Gasteiger partial charge is 0.497 e. The Morgan fingerprint density at radius 1 is 1.04 bits per heavy atom. The third-order valence-electron chi connectivity index (χ3n) is 3.82. The van der Waals surface area contributed by atoms with Crippen molar-refractivity contribution >= 4 is 11.9 Å². The van der Waals surface area contributed by atoms with E-state index in [1.54, 1.807) is 46.4 Å². The summed E-state index contributed by atoms with van der Waals surface area (Å²) in [5.41, 5.74) is 1.98. The zero-order chi connectivity index (χ0) is 18.6. The van der Waals surface area contributed by atoms with E-state index in [0.717, 1.165) is 11.1 Å². The summed E-state index contributed by atoms with van der Waals surface area (Å²) in [5.74, 6) is -0.0323. The fraction of sp³-hybridized carbons (Fsp3) is 0.263. The van der Waals surface area contributed by atoms with Crippen LogP contribution >= 0.6 is 0 Å². The highest BCUT2D eigenvalue weighted by Crippen LogP contribution is 2.26. The zero-order valence-corrected chi connectivity index (χ0v) is 14.7. The molecule has 0 unspecified atom stereocenters. The number of rotatable bonds is 6. The molecule has 1 N–H and O–H groups in total. The predicted octanol–water partition coefficient (Wildman–Crippen LogP) is 2.98. The van der Waals surface area contributed by atoms with Gasteiger partial charge in [0.05, 0.1) is 19.8 Å². The van der Waals surface area contributed by atoms with Gasteiger partial charge in [-0.2, -0.15) is 0 Å². The molecule has 0 atom stereocenters. The second kappa shape index (κ2) is 7.70. The number of benzene rings is 2. The monoisotopic (exact) mass is 343 g/mol. The normalized spacial score (nSPS) is 10.2. The van der Waals surface area contributed by atoms with Crippen LogP contribution in [0.2, 0.25) is 0 Å². The number of aromatic carboxylic acids is 1. The van der Waals surface area contributed by atoms with Crippen LogP contribution in [0.4, 0.5) is 0 Å². The summed E-state index contributed by atoms with van der Waals surface area (Å²) in [6.45, 7) is 2.08. The van der Waals surface area contributed by atoms with Crippen LogP contribution in [0, 0.1) is 6.92 Å². The van der Waals surface area contributed by atoms with Crippen LogP contribution in [0.3, 0.4) is 0 Å². The minimum atomic E-state index is -1.06. The Balaban J connectivity index is 2.25. The topological polar surface area (TPSA) is 76.1 Å². The van der Waals surface area contributed by atoms with E-state index in [-0.39, 0.29) is 11.5 Å². The number of ether oxygens (including phenoxy) is 2. The summed E-state index contributed by atoms with van der Waals surface area (Å²) in [5, 5.41) is 9.15. The van der Waals surface area contributed by atoms with Gasteiger partial charge >= 0.3 is 5.97 Å². The lowest BCUT2D eigenvalue weighted by Gasteiger charge is -2.20. The van der Waals surface area contributed by atoms with Crippen LogP contribution in [0.5, 0.6) is 11.5 Å². The van der Waals surface area contributed by atoms with E-state index in [1.807, 2.05) is 6.07 Å². The molecule has 0 heterocycles. The smallest absolute Gasteiger partial charge is 0.335 e. The van der Waals surface area contributed by atoms with Crippen LogP contribution in [0.1, 0.15) is 31.8 Å². The van der Waals surface area contributed by atoms with Gasteiger partial charge in [-0.1, -0.05) is 0 Å². The fourth-order valence-corrected chi connectivity index (χ4v) is 2.56. The molecule has 0 aliphatic carbocycles. The van der Waals surface area contributed by atoms with Gasteiger partial charge < -0.3 is 19.5 Å². The van der Waals surface area contributed by atoms with Crippen molar-refractivity contribution in [2.45, 2.75) is 13.5 Å². The van der Waals surface area contributed by atoms with E-state index < -0.39 is 5.97 Å². The first-order chi connectivity index (χ1) is 11.8. The Kier molecular flexibility index (Phi) is 5.64. The van der Waals surface area contributed by atoms with E-state index in [9.17, 15) is 9.59 Å². The number of amides is 1. The second-order valence-electron chi connectivity index (χ2n) is 5.73. The molecular weight excluding hydrogens is 322 g/mol. The van der Waals surface area contributed by atoms with Crippen LogP contribution in [0.15, 0.2) is 36.4 Å². The van der Waals surface area contributed by atoms with E-state index in [1.165, 1.54) is 17.0 Å². The molecular formula is C19H21NO5. The van der Waals surface area contributed by atoms with Crippen molar-refractivity contribution < 1.29 is 24.2 Å². The lowest BCUT2D eigenvalue weighted by atomic mass is 10.1. The molecule has 2 aromatic carbocycles. The maximum absolute atomic E-state index is 12.7. The molecule has 0 saturated carbocycles. The molecule has 0 radical (unpaired) electrons. The third kappa shape index (κ3) is 4.29. The van der Waals surface area contributed by atoms with E-state index in [4.69, 9.17) is 14.6 Å². The lowest BCUT2D eigenvalue weighted by molar-refractivity contribution is 0.0696. The number of hydrogen-bond donors (Lipinski definition) is 1. The van der Waals surface area contributed by atoms with Crippen LogP contribution in [-0.2, 0) is 6.54 Å². The summed E-state index contributed by atoms with van der Waals surface area (Å²) in [7, 11) is 4.79. The van der Waals surface area contributed by atoms with Crippen molar-refractivity contribution in [2.24, 2.45) is 0 Å². The van der Waals surface area contributed by atoms with Crippen molar-refractivity contribution in [1.29, 1.82) is 0 Å². The van der Waals surface area contributed by atoms with Gasteiger partial charge in [0.1, 0.15) is 11.5 Å². The highest BCUT2D eigenvalue weighted by atomic mass is 16.5. The molecule has 0 saturated heterocycles. The lowest BCUT2D eigenvalue weighted by Crippen LogP contribution is -2.26. The second-order valence-corrected chi connectivity index (χ2v) is 5.73. The molecule has 0 bridgehead atoms. The number of aryl methyl sites for hydroxylation is 1. The summed E-state index contributed by atoms with van der Waals surface area (Å²) >= 11 is 0. The summed E-state index contributed by atoms with van der Waals surface area (Å²) in [6.07, 6.45) is 0. The SMILES string of the molecule is COc1ccc(CN(C)C(=O)c2cc(C)cc(C(=O)O)c2)c(OC)c1. The maximum Gasteiger partial charge on any atom is 0.335 e. The van der Waals surface area contributed by atoms with Gasteiger partial charge in [0.2, 0.25) is 0 Å². The van der Waals surface area contributed by atoms with Gasteiger partial charge in [0.25, 0.3) is 5.91 Å². The average Bonchev–Trinajstić information content (AvgIpc) is 2.60.